The number of pyridine rings is 1. The highest BCUT2D eigenvalue weighted by molar-refractivity contribution is 6.62. The van der Waals surface area contributed by atoms with Crippen LogP contribution in [0, 0.1) is 0 Å². The Morgan fingerprint density at radius 2 is 1.24 bits per heavy atom. The zero-order chi connectivity index (χ0) is 23.7. The summed E-state index contributed by atoms with van der Waals surface area (Å²) in [5.74, 6) is 0. The standard InChI is InChI=1S/C29H44BNO2/c1-6-7-8-9-10-11-12-13-14-15-16-24-17-19-25(20-18-24)27-22-21-26(23-31-27)30-32-28(2,3)29(4,5)33-30/h17-23H,6-16H2,1-5H3. The number of hydrogen-bond acceptors (Lipinski definition) is 3. The third-order valence-electron chi connectivity index (χ3n) is 7.38. The molecule has 0 bridgehead atoms. The Morgan fingerprint density at radius 3 is 1.76 bits per heavy atom. The Balaban J connectivity index is 1.39. The zero-order valence-corrected chi connectivity index (χ0v) is 21.7. The largest absolute Gasteiger partial charge is 0.496 e. The SMILES string of the molecule is CCCCCCCCCCCCc1ccc(-c2ccc(B3OC(C)(C)C(C)(C)O3)cn2)cc1. The molecule has 0 unspecified atom stereocenters. The van der Waals surface area contributed by atoms with Crippen LogP contribution >= 0.6 is 0 Å². The van der Waals surface area contributed by atoms with Crippen molar-refractivity contribution in [2.75, 3.05) is 0 Å². The maximum Gasteiger partial charge on any atom is 0.496 e. The summed E-state index contributed by atoms with van der Waals surface area (Å²) in [5, 5.41) is 0. The van der Waals surface area contributed by atoms with Crippen molar-refractivity contribution in [3.8, 4) is 11.3 Å². The monoisotopic (exact) mass is 449 g/mol. The van der Waals surface area contributed by atoms with E-state index in [4.69, 9.17) is 9.31 Å². The smallest absolute Gasteiger partial charge is 0.399 e. The van der Waals surface area contributed by atoms with E-state index in [-0.39, 0.29) is 18.3 Å². The van der Waals surface area contributed by atoms with Crippen LogP contribution in [-0.2, 0) is 15.7 Å². The summed E-state index contributed by atoms with van der Waals surface area (Å²) < 4.78 is 12.3. The molecular weight excluding hydrogens is 405 g/mol. The summed E-state index contributed by atoms with van der Waals surface area (Å²) in [6.07, 6.45) is 16.9. The van der Waals surface area contributed by atoms with Crippen molar-refractivity contribution in [3.05, 3.63) is 48.2 Å². The second-order valence-corrected chi connectivity index (χ2v) is 10.7. The lowest BCUT2D eigenvalue weighted by Gasteiger charge is -2.32. The number of benzene rings is 1. The van der Waals surface area contributed by atoms with Gasteiger partial charge in [-0.2, -0.15) is 0 Å². The van der Waals surface area contributed by atoms with E-state index in [1.54, 1.807) is 0 Å². The molecule has 1 aliphatic rings. The Kier molecular flexibility index (Phi) is 9.58. The molecule has 1 aromatic carbocycles. The highest BCUT2D eigenvalue weighted by Crippen LogP contribution is 2.36. The lowest BCUT2D eigenvalue weighted by atomic mass is 9.80. The molecule has 1 fully saturated rings. The van der Waals surface area contributed by atoms with Crippen molar-refractivity contribution < 1.29 is 9.31 Å². The molecule has 0 spiro atoms. The summed E-state index contributed by atoms with van der Waals surface area (Å²) in [6, 6.07) is 13.0. The van der Waals surface area contributed by atoms with Crippen molar-refractivity contribution >= 4 is 12.6 Å². The summed E-state index contributed by atoms with van der Waals surface area (Å²) in [7, 11) is -0.361. The second kappa shape index (κ2) is 12.2. The van der Waals surface area contributed by atoms with Gasteiger partial charge >= 0.3 is 7.12 Å². The topological polar surface area (TPSA) is 31.4 Å². The third-order valence-corrected chi connectivity index (χ3v) is 7.38. The predicted octanol–water partition coefficient (Wildman–Crippen LogP) is 7.51. The molecule has 4 heteroatoms. The number of hydrogen-bond donors (Lipinski definition) is 0. The van der Waals surface area contributed by atoms with E-state index in [2.05, 4.69) is 76.0 Å². The molecule has 0 amide bonds. The van der Waals surface area contributed by atoms with Gasteiger partial charge in [-0.15, -0.1) is 0 Å². The molecule has 1 saturated heterocycles. The average Bonchev–Trinajstić information content (AvgIpc) is 3.02. The molecule has 0 radical (unpaired) electrons. The van der Waals surface area contributed by atoms with Crippen molar-refractivity contribution in [3.63, 3.8) is 0 Å². The number of unbranched alkanes of at least 4 members (excludes halogenated alkanes) is 9. The molecule has 180 valence electrons. The minimum atomic E-state index is -0.361. The van der Waals surface area contributed by atoms with Gasteiger partial charge in [-0.05, 0) is 52.2 Å². The van der Waals surface area contributed by atoms with Crippen LogP contribution in [0.25, 0.3) is 11.3 Å². The van der Waals surface area contributed by atoms with E-state index < -0.39 is 0 Å². The van der Waals surface area contributed by atoms with Crippen molar-refractivity contribution in [1.29, 1.82) is 0 Å². The lowest BCUT2D eigenvalue weighted by molar-refractivity contribution is 0.00578. The minimum Gasteiger partial charge on any atom is -0.399 e. The van der Waals surface area contributed by atoms with Gasteiger partial charge in [0.1, 0.15) is 0 Å². The molecule has 2 heterocycles. The maximum absolute atomic E-state index is 6.14. The molecule has 33 heavy (non-hydrogen) atoms. The van der Waals surface area contributed by atoms with Crippen LogP contribution in [0.4, 0.5) is 0 Å². The molecule has 2 aromatic rings. The first-order chi connectivity index (χ1) is 15.8. The van der Waals surface area contributed by atoms with Gasteiger partial charge in [0, 0.05) is 17.2 Å². The van der Waals surface area contributed by atoms with Gasteiger partial charge in [0.25, 0.3) is 0 Å². The first-order valence-electron chi connectivity index (χ1n) is 13.2. The van der Waals surface area contributed by atoms with Gasteiger partial charge in [-0.25, -0.2) is 0 Å². The molecule has 0 N–H and O–H groups in total. The first-order valence-corrected chi connectivity index (χ1v) is 13.2. The Bertz CT molecular complexity index is 814. The van der Waals surface area contributed by atoms with E-state index in [1.807, 2.05) is 6.20 Å². The number of aryl methyl sites for hydroxylation is 1. The average molecular weight is 449 g/mol. The maximum atomic E-state index is 6.14. The fraction of sp³-hybridized carbons (Fsp3) is 0.621. The summed E-state index contributed by atoms with van der Waals surface area (Å²) in [4.78, 5) is 4.69. The second-order valence-electron chi connectivity index (χ2n) is 10.7. The highest BCUT2D eigenvalue weighted by Gasteiger charge is 2.51. The first kappa shape index (κ1) is 26.0. The number of nitrogens with zero attached hydrogens (tertiary/aromatic N) is 1. The van der Waals surface area contributed by atoms with E-state index in [0.29, 0.717) is 0 Å². The highest BCUT2D eigenvalue weighted by atomic mass is 16.7. The van der Waals surface area contributed by atoms with Crippen LogP contribution in [0.3, 0.4) is 0 Å². The van der Waals surface area contributed by atoms with E-state index in [1.165, 1.54) is 76.2 Å². The van der Waals surface area contributed by atoms with Crippen LogP contribution in [0.1, 0.15) is 104 Å². The molecule has 3 nitrogen and oxygen atoms in total. The number of rotatable bonds is 13. The molecular formula is C29H44BNO2. The molecule has 3 rings (SSSR count). The van der Waals surface area contributed by atoms with Crippen molar-refractivity contribution in [2.24, 2.45) is 0 Å². The van der Waals surface area contributed by atoms with Gasteiger partial charge in [-0.1, -0.05) is 95.0 Å². The van der Waals surface area contributed by atoms with Gasteiger partial charge in [0.15, 0.2) is 0 Å². The Labute approximate surface area is 202 Å². The van der Waals surface area contributed by atoms with Crippen LogP contribution in [0.2, 0.25) is 0 Å². The quantitative estimate of drug-likeness (QED) is 0.234. The summed E-state index contributed by atoms with van der Waals surface area (Å²) >= 11 is 0. The van der Waals surface area contributed by atoms with Gasteiger partial charge in [0.2, 0.25) is 0 Å². The fourth-order valence-electron chi connectivity index (χ4n) is 4.35. The molecule has 0 aliphatic carbocycles. The van der Waals surface area contributed by atoms with Crippen LogP contribution < -0.4 is 5.46 Å². The van der Waals surface area contributed by atoms with Crippen LogP contribution in [-0.4, -0.2) is 23.3 Å². The minimum absolute atomic E-state index is 0.333. The lowest BCUT2D eigenvalue weighted by Crippen LogP contribution is -2.41. The fourth-order valence-corrected chi connectivity index (χ4v) is 4.35. The third kappa shape index (κ3) is 7.42. The Morgan fingerprint density at radius 1 is 0.697 bits per heavy atom. The van der Waals surface area contributed by atoms with Crippen molar-refractivity contribution in [2.45, 2.75) is 116 Å². The van der Waals surface area contributed by atoms with Gasteiger partial charge < -0.3 is 9.31 Å². The van der Waals surface area contributed by atoms with Crippen LogP contribution in [0.15, 0.2) is 42.6 Å². The normalized spacial score (nSPS) is 16.9. The Hall–Kier alpha value is -1.65. The summed E-state index contributed by atoms with van der Waals surface area (Å²) in [6.45, 7) is 10.6. The van der Waals surface area contributed by atoms with Gasteiger partial charge in [-0.3, -0.25) is 4.98 Å². The van der Waals surface area contributed by atoms with Gasteiger partial charge in [0.05, 0.1) is 16.9 Å². The van der Waals surface area contributed by atoms with Crippen LogP contribution in [0.5, 0.6) is 0 Å². The predicted molar refractivity (Wildman–Crippen MR) is 141 cm³/mol. The molecule has 0 atom stereocenters. The van der Waals surface area contributed by atoms with E-state index in [9.17, 15) is 0 Å². The summed E-state index contributed by atoms with van der Waals surface area (Å²) in [5.41, 5.74) is 3.87. The number of aromatic nitrogens is 1. The molecule has 1 aliphatic heterocycles. The van der Waals surface area contributed by atoms with E-state index >= 15 is 0 Å². The zero-order valence-electron chi connectivity index (χ0n) is 21.7. The molecule has 0 saturated carbocycles. The van der Waals surface area contributed by atoms with E-state index in [0.717, 1.165) is 16.7 Å². The van der Waals surface area contributed by atoms with Crippen molar-refractivity contribution in [1.82, 2.24) is 4.98 Å². The molecule has 1 aromatic heterocycles.